The van der Waals surface area contributed by atoms with Gasteiger partial charge in [-0.3, -0.25) is 10.9 Å². The van der Waals surface area contributed by atoms with Crippen LogP contribution in [0.25, 0.3) is 0 Å². The minimum absolute atomic E-state index is 0.413. The molecular formula is C17H26N8S2. The van der Waals surface area contributed by atoms with Crippen molar-refractivity contribution in [2.75, 3.05) is 43.4 Å². The van der Waals surface area contributed by atoms with Gasteiger partial charge in [0, 0.05) is 44.6 Å². The molecular weight excluding hydrogens is 380 g/mol. The number of hydrogen-bond acceptors (Lipinski definition) is 6. The number of hydrogen-bond donors (Lipinski definition) is 5. The molecule has 1 aromatic rings. The molecule has 1 fully saturated rings. The number of thiocarbonyl (C=S) groups is 2. The largest absolute Gasteiger partial charge is 0.369 e. The van der Waals surface area contributed by atoms with Crippen LogP contribution in [0, 0.1) is 0 Å². The molecule has 0 atom stereocenters. The molecule has 1 aliphatic rings. The van der Waals surface area contributed by atoms with Gasteiger partial charge in [-0.2, -0.15) is 10.2 Å². The number of hydrazone groups is 2. The third kappa shape index (κ3) is 7.08. The zero-order valence-corrected chi connectivity index (χ0v) is 17.4. The summed E-state index contributed by atoms with van der Waals surface area (Å²) in [6.07, 6.45) is 0. The minimum Gasteiger partial charge on any atom is -0.369 e. The van der Waals surface area contributed by atoms with Crippen molar-refractivity contribution >= 4 is 57.5 Å². The molecule has 0 unspecified atom stereocenters. The predicted octanol–water partition coefficient (Wildman–Crippen LogP) is 1.23. The van der Waals surface area contributed by atoms with E-state index in [4.69, 9.17) is 24.4 Å². The summed E-state index contributed by atoms with van der Waals surface area (Å²) >= 11 is 10.3. The first-order chi connectivity index (χ1) is 13.0. The van der Waals surface area contributed by atoms with E-state index >= 15 is 0 Å². The molecule has 0 aliphatic carbocycles. The van der Waals surface area contributed by atoms with Crippen molar-refractivity contribution in [3.8, 4) is 0 Å². The third-order valence-electron chi connectivity index (χ3n) is 4.01. The molecule has 0 amide bonds. The van der Waals surface area contributed by atoms with Crippen molar-refractivity contribution in [3.05, 3.63) is 24.3 Å². The highest BCUT2D eigenvalue weighted by molar-refractivity contribution is 7.80. The zero-order valence-electron chi connectivity index (χ0n) is 15.8. The summed E-state index contributed by atoms with van der Waals surface area (Å²) in [7, 11) is 1.73. The van der Waals surface area contributed by atoms with Gasteiger partial charge in [0.15, 0.2) is 10.2 Å². The Morgan fingerprint density at radius 1 is 0.963 bits per heavy atom. The van der Waals surface area contributed by atoms with Crippen LogP contribution in [-0.2, 0) is 0 Å². The summed E-state index contributed by atoms with van der Waals surface area (Å²) in [6, 6.07) is 8.21. The van der Waals surface area contributed by atoms with Gasteiger partial charge in [-0.15, -0.1) is 0 Å². The molecule has 146 valence electrons. The van der Waals surface area contributed by atoms with Gasteiger partial charge in [-0.05, 0) is 62.5 Å². The number of piperazine rings is 1. The standard InChI is InChI=1S/C17H26N8S2/c1-12(21-23-16(26)18-3)13(2)22-24-17(27)20-14-4-6-15(7-5-14)25-10-8-19-9-11-25/h4-7,19H,8-11H2,1-3H3,(H2,18,23,26)(H2,20,24,27)/b21-12+,22-13+. The van der Waals surface area contributed by atoms with Gasteiger partial charge < -0.3 is 20.9 Å². The van der Waals surface area contributed by atoms with Crippen LogP contribution in [0.4, 0.5) is 11.4 Å². The highest BCUT2D eigenvalue weighted by Crippen LogP contribution is 2.18. The van der Waals surface area contributed by atoms with E-state index < -0.39 is 0 Å². The molecule has 0 radical (unpaired) electrons. The molecule has 1 saturated heterocycles. The van der Waals surface area contributed by atoms with E-state index in [-0.39, 0.29) is 0 Å². The second kappa shape index (κ2) is 10.8. The highest BCUT2D eigenvalue weighted by Gasteiger charge is 2.10. The third-order valence-corrected chi connectivity index (χ3v) is 4.50. The SMILES string of the molecule is CNC(=S)N/N=C(C)/C(C)=N/NC(=S)Nc1ccc(N2CCNCC2)cc1. The van der Waals surface area contributed by atoms with Crippen molar-refractivity contribution in [2.24, 2.45) is 10.2 Å². The molecule has 1 aromatic carbocycles. The van der Waals surface area contributed by atoms with Gasteiger partial charge in [0.25, 0.3) is 0 Å². The number of nitrogens with zero attached hydrogens (tertiary/aromatic N) is 3. The topological polar surface area (TPSA) is 88.1 Å². The molecule has 0 aromatic heterocycles. The first kappa shape index (κ1) is 21.0. The van der Waals surface area contributed by atoms with Gasteiger partial charge in [-0.25, -0.2) is 0 Å². The zero-order chi connectivity index (χ0) is 19.6. The molecule has 8 nitrogen and oxygen atoms in total. The average Bonchev–Trinajstić information content (AvgIpc) is 2.71. The Hall–Kier alpha value is -2.30. The average molecular weight is 407 g/mol. The summed E-state index contributed by atoms with van der Waals surface area (Å²) < 4.78 is 0. The van der Waals surface area contributed by atoms with E-state index in [0.717, 1.165) is 31.9 Å². The molecule has 0 saturated carbocycles. The monoisotopic (exact) mass is 406 g/mol. The lowest BCUT2D eigenvalue weighted by molar-refractivity contribution is 0.589. The Bertz CT molecular complexity index is 708. The van der Waals surface area contributed by atoms with E-state index in [1.807, 2.05) is 26.0 Å². The molecule has 10 heteroatoms. The Labute approximate surface area is 170 Å². The number of nitrogens with one attached hydrogen (secondary N) is 5. The first-order valence-electron chi connectivity index (χ1n) is 8.69. The minimum atomic E-state index is 0.413. The van der Waals surface area contributed by atoms with Crippen LogP contribution in [-0.4, -0.2) is 54.9 Å². The van der Waals surface area contributed by atoms with Gasteiger partial charge >= 0.3 is 0 Å². The normalized spacial score (nSPS) is 15.1. The van der Waals surface area contributed by atoms with E-state index in [1.54, 1.807) is 7.05 Å². The second-order valence-electron chi connectivity index (χ2n) is 5.94. The van der Waals surface area contributed by atoms with Gasteiger partial charge in [0.05, 0.1) is 11.4 Å². The lowest BCUT2D eigenvalue weighted by atomic mass is 10.2. The van der Waals surface area contributed by atoms with Crippen molar-refractivity contribution in [3.63, 3.8) is 0 Å². The summed E-state index contributed by atoms with van der Waals surface area (Å²) in [5, 5.41) is 18.5. The van der Waals surface area contributed by atoms with Gasteiger partial charge in [-0.1, -0.05) is 0 Å². The fourth-order valence-electron chi connectivity index (χ4n) is 2.32. The van der Waals surface area contributed by atoms with Crippen molar-refractivity contribution in [2.45, 2.75) is 13.8 Å². The summed E-state index contributed by atoms with van der Waals surface area (Å²) in [4.78, 5) is 2.36. The molecule has 1 aliphatic heterocycles. The molecule has 27 heavy (non-hydrogen) atoms. The van der Waals surface area contributed by atoms with Crippen LogP contribution in [0.5, 0.6) is 0 Å². The van der Waals surface area contributed by atoms with Crippen molar-refractivity contribution < 1.29 is 0 Å². The van der Waals surface area contributed by atoms with Crippen LogP contribution in [0.15, 0.2) is 34.5 Å². The van der Waals surface area contributed by atoms with Crippen molar-refractivity contribution in [1.82, 2.24) is 21.5 Å². The Kier molecular flexibility index (Phi) is 8.37. The maximum absolute atomic E-state index is 5.29. The van der Waals surface area contributed by atoms with E-state index in [1.165, 1.54) is 5.69 Å². The number of rotatable bonds is 5. The molecule has 2 rings (SSSR count). The summed E-state index contributed by atoms with van der Waals surface area (Å²) in [5.41, 5.74) is 9.06. The van der Waals surface area contributed by atoms with Crippen LogP contribution < -0.4 is 31.7 Å². The maximum Gasteiger partial charge on any atom is 0.191 e. The molecule has 1 heterocycles. The van der Waals surface area contributed by atoms with Crippen LogP contribution in [0.2, 0.25) is 0 Å². The maximum atomic E-state index is 5.29. The second-order valence-corrected chi connectivity index (χ2v) is 6.75. The fraction of sp³-hybridized carbons (Fsp3) is 0.412. The highest BCUT2D eigenvalue weighted by atomic mass is 32.1. The van der Waals surface area contributed by atoms with Crippen LogP contribution in [0.3, 0.4) is 0 Å². The lowest BCUT2D eigenvalue weighted by Gasteiger charge is -2.29. The van der Waals surface area contributed by atoms with Crippen molar-refractivity contribution in [1.29, 1.82) is 0 Å². The Balaban J connectivity index is 1.84. The number of anilines is 2. The quantitative estimate of drug-likeness (QED) is 0.284. The Morgan fingerprint density at radius 2 is 1.52 bits per heavy atom. The van der Waals surface area contributed by atoms with Crippen LogP contribution in [0.1, 0.15) is 13.8 Å². The molecule has 0 spiro atoms. The predicted molar refractivity (Wildman–Crippen MR) is 122 cm³/mol. The van der Waals surface area contributed by atoms with Gasteiger partial charge in [0.2, 0.25) is 0 Å². The van der Waals surface area contributed by atoms with Crippen LogP contribution >= 0.6 is 24.4 Å². The van der Waals surface area contributed by atoms with E-state index in [9.17, 15) is 0 Å². The summed E-state index contributed by atoms with van der Waals surface area (Å²) in [6.45, 7) is 7.75. The van der Waals surface area contributed by atoms with Gasteiger partial charge in [0.1, 0.15) is 0 Å². The molecule has 5 N–H and O–H groups in total. The smallest absolute Gasteiger partial charge is 0.191 e. The lowest BCUT2D eigenvalue weighted by Crippen LogP contribution is -2.43. The fourth-order valence-corrected chi connectivity index (χ4v) is 2.53. The van der Waals surface area contributed by atoms with E-state index in [2.05, 4.69) is 54.0 Å². The number of benzene rings is 1. The molecule has 0 bridgehead atoms. The first-order valence-corrected chi connectivity index (χ1v) is 9.50. The Morgan fingerprint density at radius 3 is 2.07 bits per heavy atom. The van der Waals surface area contributed by atoms with E-state index in [0.29, 0.717) is 21.6 Å². The summed E-state index contributed by atoms with van der Waals surface area (Å²) in [5.74, 6) is 0.